The number of alkyl halides is 3. The standard InChI is InChI=1S/C25H34N4O2.C2HF3O2/c1-29-14-13-25(19-9-10-21(30-2)22(15-19)31-3)12-11-20(16-23(25)29)28-24(26)27-17-18-7-5-4-6-8-18;3-2(4,5)1(6)7/h4-10,15,20,23H,11-14,16-17H2,1-3H3,(H3,26,27,28);(H,6,7)/t20-,23-,25-;/m0./s1. The smallest absolute Gasteiger partial charge is 0.490 e. The second-order valence-electron chi connectivity index (χ2n) is 9.61. The summed E-state index contributed by atoms with van der Waals surface area (Å²) in [7, 11) is 5.61. The van der Waals surface area contributed by atoms with Crippen molar-refractivity contribution >= 4 is 11.9 Å². The molecule has 1 heterocycles. The van der Waals surface area contributed by atoms with Crippen LogP contribution in [0.15, 0.2) is 48.5 Å². The molecule has 4 N–H and O–H groups in total. The van der Waals surface area contributed by atoms with E-state index in [1.165, 1.54) is 11.1 Å². The van der Waals surface area contributed by atoms with Crippen molar-refractivity contribution in [2.75, 3.05) is 27.8 Å². The molecule has 0 unspecified atom stereocenters. The molecule has 2 aliphatic rings. The van der Waals surface area contributed by atoms with Crippen molar-refractivity contribution in [1.82, 2.24) is 15.5 Å². The lowest BCUT2D eigenvalue weighted by Gasteiger charge is -2.45. The van der Waals surface area contributed by atoms with Gasteiger partial charge < -0.3 is 30.1 Å². The number of fused-ring (bicyclic) bond motifs is 1. The van der Waals surface area contributed by atoms with Gasteiger partial charge in [-0.1, -0.05) is 36.4 Å². The van der Waals surface area contributed by atoms with Crippen molar-refractivity contribution in [3.63, 3.8) is 0 Å². The number of ether oxygens (including phenoxy) is 2. The Kier molecular flexibility index (Phi) is 9.48. The number of benzene rings is 2. The zero-order chi connectivity index (χ0) is 27.9. The lowest BCUT2D eigenvalue weighted by molar-refractivity contribution is -0.192. The number of aliphatic carboxylic acids is 1. The number of carboxylic acid groups (broad SMARTS) is 1. The topological polar surface area (TPSA) is 107 Å². The number of likely N-dealkylation sites (N-methyl/N-ethyl adjacent to an activating group) is 1. The van der Waals surface area contributed by atoms with Crippen molar-refractivity contribution in [2.24, 2.45) is 0 Å². The fourth-order valence-electron chi connectivity index (χ4n) is 5.44. The molecule has 8 nitrogen and oxygen atoms in total. The van der Waals surface area contributed by atoms with E-state index in [-0.39, 0.29) is 5.41 Å². The van der Waals surface area contributed by atoms with E-state index in [9.17, 15) is 13.2 Å². The van der Waals surface area contributed by atoms with E-state index in [0.717, 1.165) is 43.7 Å². The predicted octanol–water partition coefficient (Wildman–Crippen LogP) is 4.15. The van der Waals surface area contributed by atoms with Crippen molar-refractivity contribution in [3.05, 3.63) is 59.7 Å². The number of carboxylic acids is 1. The van der Waals surface area contributed by atoms with Crippen LogP contribution in [0, 0.1) is 5.41 Å². The van der Waals surface area contributed by atoms with Gasteiger partial charge in [0.05, 0.1) is 14.2 Å². The van der Waals surface area contributed by atoms with Crippen molar-refractivity contribution in [2.45, 2.75) is 55.9 Å². The van der Waals surface area contributed by atoms with E-state index >= 15 is 0 Å². The molecule has 1 aliphatic heterocycles. The van der Waals surface area contributed by atoms with Crippen molar-refractivity contribution in [1.29, 1.82) is 5.41 Å². The molecule has 38 heavy (non-hydrogen) atoms. The van der Waals surface area contributed by atoms with E-state index in [2.05, 4.69) is 46.8 Å². The van der Waals surface area contributed by atoms with Crippen LogP contribution >= 0.6 is 0 Å². The lowest BCUT2D eigenvalue weighted by atomic mass is 9.65. The van der Waals surface area contributed by atoms with Crippen LogP contribution in [-0.4, -0.2) is 68.0 Å². The van der Waals surface area contributed by atoms with Gasteiger partial charge >= 0.3 is 12.1 Å². The Balaban J connectivity index is 0.000000505. The lowest BCUT2D eigenvalue weighted by Crippen LogP contribution is -2.53. The maximum Gasteiger partial charge on any atom is 0.490 e. The summed E-state index contributed by atoms with van der Waals surface area (Å²) in [5.41, 5.74) is 2.66. The minimum atomic E-state index is -5.08. The number of nitrogens with zero attached hydrogens (tertiary/aromatic N) is 1. The Morgan fingerprint density at radius 1 is 1.13 bits per heavy atom. The molecule has 0 radical (unpaired) electrons. The molecular formula is C27H35F3N4O4. The van der Waals surface area contributed by atoms with Crippen LogP contribution in [0.4, 0.5) is 13.2 Å². The molecule has 1 saturated carbocycles. The molecule has 208 valence electrons. The van der Waals surface area contributed by atoms with Gasteiger partial charge in [0.2, 0.25) is 0 Å². The van der Waals surface area contributed by atoms with Crippen molar-refractivity contribution < 1.29 is 32.5 Å². The van der Waals surface area contributed by atoms with Crippen LogP contribution in [0.5, 0.6) is 11.5 Å². The first kappa shape index (κ1) is 29.1. The molecule has 2 aromatic rings. The fraction of sp³-hybridized carbons (Fsp3) is 0.481. The second-order valence-corrected chi connectivity index (χ2v) is 9.61. The Labute approximate surface area is 220 Å². The molecule has 1 saturated heterocycles. The van der Waals surface area contributed by atoms with E-state index in [0.29, 0.717) is 24.6 Å². The summed E-state index contributed by atoms with van der Waals surface area (Å²) in [6, 6.07) is 17.4. The first-order valence-electron chi connectivity index (χ1n) is 12.4. The van der Waals surface area contributed by atoms with Gasteiger partial charge in [-0.15, -0.1) is 0 Å². The molecule has 0 bridgehead atoms. The number of rotatable bonds is 6. The highest BCUT2D eigenvalue weighted by Gasteiger charge is 2.50. The van der Waals surface area contributed by atoms with Crippen LogP contribution < -0.4 is 20.1 Å². The van der Waals surface area contributed by atoms with Crippen LogP contribution in [0.25, 0.3) is 0 Å². The van der Waals surface area contributed by atoms with Gasteiger partial charge in [-0.3, -0.25) is 5.41 Å². The quantitative estimate of drug-likeness (QED) is 0.325. The third kappa shape index (κ3) is 6.89. The number of nitrogens with one attached hydrogen (secondary N) is 3. The van der Waals surface area contributed by atoms with E-state index in [1.807, 2.05) is 24.3 Å². The minimum absolute atomic E-state index is 0.131. The number of likely N-dealkylation sites (tertiary alicyclic amines) is 1. The third-order valence-electron chi connectivity index (χ3n) is 7.39. The van der Waals surface area contributed by atoms with E-state index in [1.54, 1.807) is 14.2 Å². The molecule has 2 fully saturated rings. The summed E-state index contributed by atoms with van der Waals surface area (Å²) in [5.74, 6) is -0.769. The number of guanidine groups is 1. The molecule has 0 aromatic heterocycles. The SMILES string of the molecule is COc1ccc([C@@]23CC[C@H](NC(=N)NCc4ccccc4)C[C@@H]2N(C)CC3)cc1OC.O=C(O)C(F)(F)F. The molecule has 1 aliphatic carbocycles. The Morgan fingerprint density at radius 2 is 1.79 bits per heavy atom. The van der Waals surface area contributed by atoms with Gasteiger partial charge in [0.25, 0.3) is 0 Å². The van der Waals surface area contributed by atoms with E-state index in [4.69, 9.17) is 24.8 Å². The summed E-state index contributed by atoms with van der Waals surface area (Å²) in [4.78, 5) is 11.4. The summed E-state index contributed by atoms with van der Waals surface area (Å²) < 4.78 is 42.8. The highest BCUT2D eigenvalue weighted by atomic mass is 19.4. The van der Waals surface area contributed by atoms with Gasteiger partial charge in [0, 0.05) is 24.0 Å². The van der Waals surface area contributed by atoms with Gasteiger partial charge in [0.1, 0.15) is 0 Å². The Hall–Kier alpha value is -3.47. The molecular weight excluding hydrogens is 501 g/mol. The van der Waals surface area contributed by atoms with Crippen LogP contribution in [0.1, 0.15) is 36.8 Å². The van der Waals surface area contributed by atoms with Crippen molar-refractivity contribution in [3.8, 4) is 11.5 Å². The fourth-order valence-corrected chi connectivity index (χ4v) is 5.44. The average molecular weight is 537 g/mol. The monoisotopic (exact) mass is 536 g/mol. The Bertz CT molecular complexity index is 1100. The zero-order valence-corrected chi connectivity index (χ0v) is 21.8. The van der Waals surface area contributed by atoms with Gasteiger partial charge in [0.15, 0.2) is 17.5 Å². The van der Waals surface area contributed by atoms with Crippen LogP contribution in [-0.2, 0) is 16.8 Å². The first-order valence-corrected chi connectivity index (χ1v) is 12.4. The number of halogens is 3. The van der Waals surface area contributed by atoms with Crippen LogP contribution in [0.2, 0.25) is 0 Å². The predicted molar refractivity (Wildman–Crippen MR) is 138 cm³/mol. The second kappa shape index (κ2) is 12.4. The number of methoxy groups -OCH3 is 2. The zero-order valence-electron chi connectivity index (χ0n) is 21.8. The molecule has 0 spiro atoms. The molecule has 11 heteroatoms. The molecule has 0 amide bonds. The first-order chi connectivity index (χ1) is 18.0. The van der Waals surface area contributed by atoms with Crippen LogP contribution in [0.3, 0.4) is 0 Å². The minimum Gasteiger partial charge on any atom is -0.493 e. The third-order valence-corrected chi connectivity index (χ3v) is 7.39. The summed E-state index contributed by atoms with van der Waals surface area (Å²) >= 11 is 0. The number of carbonyl (C=O) groups is 1. The highest BCUT2D eigenvalue weighted by Crippen LogP contribution is 2.49. The molecule has 3 atom stereocenters. The summed E-state index contributed by atoms with van der Waals surface area (Å²) in [5, 5.41) is 22.1. The van der Waals surface area contributed by atoms with E-state index < -0.39 is 12.1 Å². The molecule has 2 aromatic carbocycles. The number of hydrogen-bond donors (Lipinski definition) is 4. The normalized spacial score (nSPS) is 22.9. The number of hydrogen-bond acceptors (Lipinski definition) is 5. The van der Waals surface area contributed by atoms with Gasteiger partial charge in [-0.2, -0.15) is 13.2 Å². The highest BCUT2D eigenvalue weighted by molar-refractivity contribution is 5.76. The summed E-state index contributed by atoms with van der Waals surface area (Å²) in [6.07, 6.45) is -0.754. The largest absolute Gasteiger partial charge is 0.493 e. The molecule has 4 rings (SSSR count). The van der Waals surface area contributed by atoms with Gasteiger partial charge in [-0.05, 0) is 62.5 Å². The maximum absolute atomic E-state index is 10.6. The average Bonchev–Trinajstić information content (AvgIpc) is 3.24. The van der Waals surface area contributed by atoms with Gasteiger partial charge in [-0.25, -0.2) is 4.79 Å². The summed E-state index contributed by atoms with van der Waals surface area (Å²) in [6.45, 7) is 1.76. The maximum atomic E-state index is 10.6. The Morgan fingerprint density at radius 3 is 2.39 bits per heavy atom.